The number of benzene rings is 1. The number of anilines is 2. The highest BCUT2D eigenvalue weighted by Gasteiger charge is 2.28. The molecule has 9 heteroatoms. The van der Waals surface area contributed by atoms with Crippen molar-refractivity contribution in [2.75, 3.05) is 21.9 Å². The fourth-order valence-electron chi connectivity index (χ4n) is 2.61. The van der Waals surface area contributed by atoms with Crippen LogP contribution in [0.4, 0.5) is 11.4 Å². The van der Waals surface area contributed by atoms with Crippen LogP contribution in [0.5, 0.6) is 0 Å². The molecule has 0 bridgehead atoms. The summed E-state index contributed by atoms with van der Waals surface area (Å²) >= 11 is 0. The average Bonchev–Trinajstić information content (AvgIpc) is 3.00. The van der Waals surface area contributed by atoms with Crippen LogP contribution in [0.3, 0.4) is 0 Å². The highest BCUT2D eigenvalue weighted by molar-refractivity contribution is 7.93. The van der Waals surface area contributed by atoms with Gasteiger partial charge in [0.25, 0.3) is 0 Å². The Morgan fingerprint density at radius 1 is 1.12 bits per heavy atom. The molecule has 2 amide bonds. The van der Waals surface area contributed by atoms with Crippen LogP contribution >= 0.6 is 0 Å². The van der Waals surface area contributed by atoms with E-state index in [-0.39, 0.29) is 12.3 Å². The van der Waals surface area contributed by atoms with E-state index < -0.39 is 21.8 Å². The Morgan fingerprint density at radius 2 is 1.96 bits per heavy atom. The molecule has 8 nitrogen and oxygen atoms in total. The molecule has 2 N–H and O–H groups in total. The van der Waals surface area contributed by atoms with E-state index in [0.29, 0.717) is 30.0 Å². The van der Waals surface area contributed by atoms with Gasteiger partial charge in [0.05, 0.1) is 23.7 Å². The number of hydrogen-bond donors (Lipinski definition) is 2. The van der Waals surface area contributed by atoms with Crippen LogP contribution in [0.1, 0.15) is 12.1 Å². The first kappa shape index (κ1) is 17.9. The molecule has 0 saturated carbocycles. The number of nitrogens with one attached hydrogen (secondary N) is 2. The maximum absolute atomic E-state index is 12.0. The van der Waals surface area contributed by atoms with Gasteiger partial charge in [-0.05, 0) is 36.8 Å². The van der Waals surface area contributed by atoms with Crippen LogP contribution in [-0.2, 0) is 26.2 Å². The van der Waals surface area contributed by atoms with Crippen molar-refractivity contribution in [1.29, 1.82) is 0 Å². The third-order valence-corrected chi connectivity index (χ3v) is 5.72. The summed E-state index contributed by atoms with van der Waals surface area (Å²) in [6.07, 6.45) is 2.16. The zero-order valence-corrected chi connectivity index (χ0v) is 14.7. The first-order chi connectivity index (χ1) is 12.5. The number of hydrogen-bond acceptors (Lipinski definition) is 5. The minimum atomic E-state index is -3.31. The summed E-state index contributed by atoms with van der Waals surface area (Å²) in [5.41, 5.74) is 1.45. The summed E-state index contributed by atoms with van der Waals surface area (Å²) in [6, 6.07) is 11.7. The highest BCUT2D eigenvalue weighted by Crippen LogP contribution is 2.26. The Kier molecular flexibility index (Phi) is 5.17. The highest BCUT2D eigenvalue weighted by atomic mass is 32.2. The van der Waals surface area contributed by atoms with Crippen LogP contribution in [0.15, 0.2) is 48.7 Å². The topological polar surface area (TPSA) is 108 Å². The Morgan fingerprint density at radius 3 is 2.65 bits per heavy atom. The van der Waals surface area contributed by atoms with Gasteiger partial charge in [0.15, 0.2) is 0 Å². The second kappa shape index (κ2) is 7.52. The van der Waals surface area contributed by atoms with E-state index in [1.807, 2.05) is 0 Å². The Hall–Kier alpha value is -2.94. The van der Waals surface area contributed by atoms with Crippen LogP contribution in [-0.4, -0.2) is 37.5 Å². The van der Waals surface area contributed by atoms with E-state index in [2.05, 4.69) is 15.6 Å². The van der Waals surface area contributed by atoms with Gasteiger partial charge in [-0.2, -0.15) is 0 Å². The molecule has 0 unspecified atom stereocenters. The maximum Gasteiger partial charge on any atom is 0.313 e. The molecular weight excluding hydrogens is 356 g/mol. The molecular formula is C17H18N4O4S. The lowest BCUT2D eigenvalue weighted by molar-refractivity contribution is -0.136. The Balaban J connectivity index is 1.62. The van der Waals surface area contributed by atoms with Gasteiger partial charge in [0.2, 0.25) is 10.0 Å². The van der Waals surface area contributed by atoms with Crippen molar-refractivity contribution in [1.82, 2.24) is 10.3 Å². The van der Waals surface area contributed by atoms with Crippen molar-refractivity contribution >= 4 is 33.2 Å². The van der Waals surface area contributed by atoms with Gasteiger partial charge in [-0.15, -0.1) is 0 Å². The molecule has 1 aliphatic rings. The van der Waals surface area contributed by atoms with Crippen LogP contribution in [0.25, 0.3) is 0 Å². The van der Waals surface area contributed by atoms with Crippen LogP contribution in [0, 0.1) is 0 Å². The smallest absolute Gasteiger partial charge is 0.313 e. The SMILES string of the molecule is O=C(NCc1ccccn1)C(=O)Nc1cccc(N2CCCS2(=O)=O)c1. The van der Waals surface area contributed by atoms with Crippen molar-refractivity contribution in [2.24, 2.45) is 0 Å². The van der Waals surface area contributed by atoms with Crippen molar-refractivity contribution in [3.8, 4) is 0 Å². The zero-order chi connectivity index (χ0) is 18.6. The summed E-state index contributed by atoms with van der Waals surface area (Å²) in [5, 5.41) is 4.96. The molecule has 26 heavy (non-hydrogen) atoms. The van der Waals surface area contributed by atoms with Gasteiger partial charge >= 0.3 is 11.8 Å². The molecule has 2 heterocycles. The number of sulfonamides is 1. The quantitative estimate of drug-likeness (QED) is 0.772. The first-order valence-corrected chi connectivity index (χ1v) is 9.66. The second-order valence-corrected chi connectivity index (χ2v) is 7.76. The molecule has 136 valence electrons. The summed E-state index contributed by atoms with van der Waals surface area (Å²) in [4.78, 5) is 28.0. The number of aromatic nitrogens is 1. The van der Waals surface area contributed by atoms with E-state index in [1.165, 1.54) is 10.4 Å². The molecule has 1 saturated heterocycles. The summed E-state index contributed by atoms with van der Waals surface area (Å²) in [7, 11) is -3.31. The lowest BCUT2D eigenvalue weighted by atomic mass is 10.2. The third-order valence-electron chi connectivity index (χ3n) is 3.85. The van der Waals surface area contributed by atoms with Gasteiger partial charge in [-0.3, -0.25) is 18.9 Å². The number of rotatable bonds is 4. The van der Waals surface area contributed by atoms with Gasteiger partial charge in [-0.1, -0.05) is 12.1 Å². The van der Waals surface area contributed by atoms with Crippen molar-refractivity contribution < 1.29 is 18.0 Å². The molecule has 0 atom stereocenters. The monoisotopic (exact) mass is 374 g/mol. The van der Waals surface area contributed by atoms with Gasteiger partial charge in [0.1, 0.15) is 0 Å². The van der Waals surface area contributed by atoms with Crippen molar-refractivity contribution in [3.63, 3.8) is 0 Å². The Bertz CT molecular complexity index is 915. The van der Waals surface area contributed by atoms with E-state index in [4.69, 9.17) is 0 Å². The fourth-order valence-corrected chi connectivity index (χ4v) is 4.17. The Labute approximate surface area is 151 Å². The standard InChI is InChI=1S/C17H18N4O4S/c22-16(19-12-14-5-1-2-8-18-14)17(23)20-13-6-3-7-15(11-13)21-9-4-10-26(21,24)25/h1-3,5-8,11H,4,9-10,12H2,(H,19,22)(H,20,23). The molecule has 1 fully saturated rings. The minimum absolute atomic E-state index is 0.111. The van der Waals surface area contributed by atoms with E-state index in [9.17, 15) is 18.0 Å². The fraction of sp³-hybridized carbons (Fsp3) is 0.235. The maximum atomic E-state index is 12.0. The third kappa shape index (κ3) is 4.17. The molecule has 0 radical (unpaired) electrons. The molecule has 1 aromatic heterocycles. The van der Waals surface area contributed by atoms with Crippen LogP contribution < -0.4 is 14.9 Å². The normalized spacial score (nSPS) is 15.5. The van der Waals surface area contributed by atoms with Gasteiger partial charge in [0, 0.05) is 18.4 Å². The predicted octanol–water partition coefficient (Wildman–Crippen LogP) is 0.876. The molecule has 0 spiro atoms. The minimum Gasteiger partial charge on any atom is -0.342 e. The number of carbonyl (C=O) groups is 2. The van der Waals surface area contributed by atoms with Crippen molar-refractivity contribution in [3.05, 3.63) is 54.4 Å². The summed E-state index contributed by atoms with van der Waals surface area (Å²) < 4.78 is 25.3. The molecule has 2 aromatic rings. The summed E-state index contributed by atoms with van der Waals surface area (Å²) in [5.74, 6) is -1.52. The number of carbonyl (C=O) groups excluding carboxylic acids is 2. The number of amides is 2. The zero-order valence-electron chi connectivity index (χ0n) is 13.9. The second-order valence-electron chi connectivity index (χ2n) is 5.75. The molecule has 3 rings (SSSR count). The van der Waals surface area contributed by atoms with Crippen LogP contribution in [0.2, 0.25) is 0 Å². The lowest BCUT2D eigenvalue weighted by Crippen LogP contribution is -2.35. The predicted molar refractivity (Wildman–Crippen MR) is 96.9 cm³/mol. The molecule has 1 aliphatic heterocycles. The largest absolute Gasteiger partial charge is 0.342 e. The van der Waals surface area contributed by atoms with Gasteiger partial charge < -0.3 is 10.6 Å². The summed E-state index contributed by atoms with van der Waals surface area (Å²) in [6.45, 7) is 0.545. The lowest BCUT2D eigenvalue weighted by Gasteiger charge is -2.17. The average molecular weight is 374 g/mol. The van der Waals surface area contributed by atoms with Gasteiger partial charge in [-0.25, -0.2) is 8.42 Å². The van der Waals surface area contributed by atoms with Crippen molar-refractivity contribution in [2.45, 2.75) is 13.0 Å². The number of pyridine rings is 1. The van der Waals surface area contributed by atoms with E-state index in [1.54, 1.807) is 42.6 Å². The van der Waals surface area contributed by atoms with E-state index in [0.717, 1.165) is 0 Å². The first-order valence-electron chi connectivity index (χ1n) is 8.05. The van der Waals surface area contributed by atoms with E-state index >= 15 is 0 Å². The molecule has 1 aromatic carbocycles. The molecule has 0 aliphatic carbocycles. The number of nitrogens with zero attached hydrogens (tertiary/aromatic N) is 2.